The van der Waals surface area contributed by atoms with Crippen LogP contribution in [0.15, 0.2) is 42.5 Å². The maximum atomic E-state index is 13.4. The Morgan fingerprint density at radius 1 is 1.03 bits per heavy atom. The van der Waals surface area contributed by atoms with E-state index in [1.165, 1.54) is 0 Å². The molecule has 2 aromatic carbocycles. The van der Waals surface area contributed by atoms with E-state index in [1.54, 1.807) is 36.4 Å². The van der Waals surface area contributed by atoms with Gasteiger partial charge in [-0.1, -0.05) is 29.3 Å². The van der Waals surface area contributed by atoms with Gasteiger partial charge >= 0.3 is 0 Å². The second kappa shape index (κ2) is 10.1. The van der Waals surface area contributed by atoms with Crippen LogP contribution in [-0.2, 0) is 19.7 Å². The summed E-state index contributed by atoms with van der Waals surface area (Å²) >= 11 is 12.5. The van der Waals surface area contributed by atoms with E-state index in [1.807, 2.05) is 11.0 Å². The highest BCUT2D eigenvalue weighted by Gasteiger charge is 2.43. The summed E-state index contributed by atoms with van der Waals surface area (Å²) in [4.78, 5) is 27.4. The average molecular weight is 477 g/mol. The van der Waals surface area contributed by atoms with E-state index in [0.29, 0.717) is 47.5 Å². The summed E-state index contributed by atoms with van der Waals surface area (Å²) in [6.07, 6.45) is 3.16. The lowest BCUT2D eigenvalue weighted by Gasteiger charge is -2.36. The van der Waals surface area contributed by atoms with E-state index in [2.05, 4.69) is 5.32 Å². The van der Waals surface area contributed by atoms with Crippen LogP contribution in [0.1, 0.15) is 31.2 Å². The van der Waals surface area contributed by atoms with Gasteiger partial charge < -0.3 is 19.7 Å². The Hall–Kier alpha value is -2.28. The summed E-state index contributed by atoms with van der Waals surface area (Å²) in [5.74, 6) is 0.446. The molecule has 0 bridgehead atoms. The van der Waals surface area contributed by atoms with Crippen molar-refractivity contribution in [2.45, 2.75) is 31.1 Å². The van der Waals surface area contributed by atoms with Gasteiger partial charge in [0.2, 0.25) is 5.91 Å². The van der Waals surface area contributed by atoms with E-state index in [-0.39, 0.29) is 18.4 Å². The van der Waals surface area contributed by atoms with Crippen LogP contribution in [0.25, 0.3) is 0 Å². The number of anilines is 1. The van der Waals surface area contributed by atoms with Crippen molar-refractivity contribution in [1.82, 2.24) is 4.90 Å². The Kier molecular flexibility index (Phi) is 7.23. The van der Waals surface area contributed by atoms with Crippen molar-refractivity contribution in [3.8, 4) is 5.75 Å². The maximum absolute atomic E-state index is 13.4. The van der Waals surface area contributed by atoms with Crippen LogP contribution in [0.2, 0.25) is 10.0 Å². The van der Waals surface area contributed by atoms with Crippen molar-refractivity contribution in [1.29, 1.82) is 0 Å². The molecule has 1 N–H and O–H groups in total. The van der Waals surface area contributed by atoms with Crippen molar-refractivity contribution in [2.75, 3.05) is 38.2 Å². The lowest BCUT2D eigenvalue weighted by atomic mass is 9.73. The molecule has 0 radical (unpaired) electrons. The second-order valence-electron chi connectivity index (χ2n) is 8.17. The first-order valence-electron chi connectivity index (χ1n) is 10.8. The molecule has 2 aliphatic rings. The van der Waals surface area contributed by atoms with Gasteiger partial charge in [0.1, 0.15) is 5.75 Å². The van der Waals surface area contributed by atoms with Gasteiger partial charge in [0, 0.05) is 42.0 Å². The molecule has 2 aliphatic heterocycles. The normalized spacial score (nSPS) is 17.8. The van der Waals surface area contributed by atoms with Gasteiger partial charge in [0.05, 0.1) is 5.41 Å². The van der Waals surface area contributed by atoms with Crippen molar-refractivity contribution >= 4 is 40.7 Å². The van der Waals surface area contributed by atoms with Crippen LogP contribution < -0.4 is 10.1 Å². The van der Waals surface area contributed by atoms with Gasteiger partial charge in [-0.15, -0.1) is 0 Å². The van der Waals surface area contributed by atoms with Crippen LogP contribution in [0.5, 0.6) is 5.75 Å². The minimum Gasteiger partial charge on any atom is -0.484 e. The van der Waals surface area contributed by atoms with Gasteiger partial charge in [-0.25, -0.2) is 0 Å². The van der Waals surface area contributed by atoms with Gasteiger partial charge in [-0.05, 0) is 67.6 Å². The number of halogens is 2. The molecule has 4 rings (SSSR count). The first-order chi connectivity index (χ1) is 15.5. The number of nitrogens with zero attached hydrogens (tertiary/aromatic N) is 1. The largest absolute Gasteiger partial charge is 0.484 e. The fourth-order valence-corrected chi connectivity index (χ4v) is 4.89. The predicted octanol–water partition coefficient (Wildman–Crippen LogP) is 4.68. The number of carbonyl (C=O) groups is 2. The molecule has 8 heteroatoms. The molecule has 2 amide bonds. The van der Waals surface area contributed by atoms with Crippen molar-refractivity contribution in [3.05, 3.63) is 58.1 Å². The smallest absolute Gasteiger partial charge is 0.260 e. The molecule has 0 unspecified atom stereocenters. The molecule has 2 fully saturated rings. The first kappa shape index (κ1) is 22.9. The van der Waals surface area contributed by atoms with Crippen LogP contribution >= 0.6 is 23.2 Å². The van der Waals surface area contributed by atoms with Gasteiger partial charge in [-0.3, -0.25) is 9.59 Å². The SMILES string of the molecule is O=C(COc1ccc(NC(=O)C2(c3ccc(Cl)cc3Cl)CCOCC2)cc1)N1CCCC1. The number of amides is 2. The van der Waals surface area contributed by atoms with Crippen LogP contribution in [0.4, 0.5) is 5.69 Å². The van der Waals surface area contributed by atoms with Crippen LogP contribution in [0.3, 0.4) is 0 Å². The van der Waals surface area contributed by atoms with Crippen molar-refractivity contribution in [2.24, 2.45) is 0 Å². The molecule has 6 nitrogen and oxygen atoms in total. The van der Waals surface area contributed by atoms with E-state index in [0.717, 1.165) is 31.5 Å². The zero-order chi connectivity index (χ0) is 22.6. The van der Waals surface area contributed by atoms with Crippen LogP contribution in [-0.4, -0.2) is 49.6 Å². The number of rotatable bonds is 6. The molecule has 0 aromatic heterocycles. The standard InChI is InChI=1S/C24H26Cl2N2O4/c25-17-3-8-20(21(26)15-17)24(9-13-31-14-10-24)23(30)27-18-4-6-19(7-5-18)32-16-22(29)28-11-1-2-12-28/h3-8,15H,1-2,9-14,16H2,(H,27,30). The van der Waals surface area contributed by atoms with Crippen molar-refractivity contribution in [3.63, 3.8) is 0 Å². The highest BCUT2D eigenvalue weighted by atomic mass is 35.5. The number of benzene rings is 2. The highest BCUT2D eigenvalue weighted by molar-refractivity contribution is 6.35. The number of hydrogen-bond acceptors (Lipinski definition) is 4. The molecule has 0 aliphatic carbocycles. The molecule has 0 saturated carbocycles. The molecule has 0 atom stereocenters. The number of likely N-dealkylation sites (tertiary alicyclic amines) is 1. The summed E-state index contributed by atoms with van der Waals surface area (Å²) in [7, 11) is 0. The number of carbonyl (C=O) groups excluding carboxylic acids is 2. The number of nitrogens with one attached hydrogen (secondary N) is 1. The van der Waals surface area contributed by atoms with Crippen LogP contribution in [0, 0.1) is 0 Å². The fourth-order valence-electron chi connectivity index (χ4n) is 4.30. The zero-order valence-electron chi connectivity index (χ0n) is 17.7. The van der Waals surface area contributed by atoms with E-state index in [9.17, 15) is 9.59 Å². The summed E-state index contributed by atoms with van der Waals surface area (Å²) in [5, 5.41) is 4.01. The third kappa shape index (κ3) is 5.03. The average Bonchev–Trinajstić information content (AvgIpc) is 3.34. The summed E-state index contributed by atoms with van der Waals surface area (Å²) < 4.78 is 11.1. The number of ether oxygens (including phenoxy) is 2. The minimum absolute atomic E-state index is 0.00109. The Morgan fingerprint density at radius 3 is 2.38 bits per heavy atom. The lowest BCUT2D eigenvalue weighted by Crippen LogP contribution is -2.45. The highest BCUT2D eigenvalue weighted by Crippen LogP contribution is 2.40. The minimum atomic E-state index is -0.794. The molecule has 170 valence electrons. The molecule has 2 saturated heterocycles. The Bertz CT molecular complexity index is 968. The Balaban J connectivity index is 1.43. The quantitative estimate of drug-likeness (QED) is 0.656. The van der Waals surface area contributed by atoms with E-state index < -0.39 is 5.41 Å². The van der Waals surface area contributed by atoms with Gasteiger partial charge in [0.15, 0.2) is 6.61 Å². The van der Waals surface area contributed by atoms with E-state index in [4.69, 9.17) is 32.7 Å². The zero-order valence-corrected chi connectivity index (χ0v) is 19.3. The fraction of sp³-hybridized carbons (Fsp3) is 0.417. The third-order valence-electron chi connectivity index (χ3n) is 6.16. The summed E-state index contributed by atoms with van der Waals surface area (Å²) in [6.45, 7) is 2.58. The number of hydrogen-bond donors (Lipinski definition) is 1. The molecule has 2 aromatic rings. The van der Waals surface area contributed by atoms with Gasteiger partial charge in [-0.2, -0.15) is 0 Å². The summed E-state index contributed by atoms with van der Waals surface area (Å²) in [6, 6.07) is 12.3. The predicted molar refractivity (Wildman–Crippen MR) is 125 cm³/mol. The van der Waals surface area contributed by atoms with E-state index >= 15 is 0 Å². The molecular formula is C24H26Cl2N2O4. The topological polar surface area (TPSA) is 67.9 Å². The Morgan fingerprint density at radius 2 is 1.72 bits per heavy atom. The third-order valence-corrected chi connectivity index (χ3v) is 6.71. The molecule has 0 spiro atoms. The summed E-state index contributed by atoms with van der Waals surface area (Å²) in [5.41, 5.74) is 0.603. The Labute approximate surface area is 197 Å². The lowest BCUT2D eigenvalue weighted by molar-refractivity contribution is -0.132. The molecule has 2 heterocycles. The first-order valence-corrected chi connectivity index (χ1v) is 11.6. The maximum Gasteiger partial charge on any atom is 0.260 e. The molecular weight excluding hydrogens is 451 g/mol. The monoisotopic (exact) mass is 476 g/mol. The van der Waals surface area contributed by atoms with Crippen molar-refractivity contribution < 1.29 is 19.1 Å². The second-order valence-corrected chi connectivity index (χ2v) is 9.02. The van der Waals surface area contributed by atoms with Gasteiger partial charge in [0.25, 0.3) is 5.91 Å². The molecule has 32 heavy (non-hydrogen) atoms.